The Morgan fingerprint density at radius 1 is 1.38 bits per heavy atom. The van der Waals surface area contributed by atoms with E-state index in [1.165, 1.54) is 35.7 Å². The van der Waals surface area contributed by atoms with Crippen molar-refractivity contribution < 1.29 is 12.8 Å². The van der Waals surface area contributed by atoms with Crippen LogP contribution in [0, 0.1) is 12.7 Å². The molecule has 0 bridgehead atoms. The Balaban J connectivity index is 2.42. The molecule has 1 unspecified atom stereocenters. The van der Waals surface area contributed by atoms with Crippen molar-refractivity contribution in [3.63, 3.8) is 0 Å². The van der Waals surface area contributed by atoms with Crippen LogP contribution >= 0.6 is 11.3 Å². The third-order valence-corrected chi connectivity index (χ3v) is 6.38. The highest BCUT2D eigenvalue weighted by molar-refractivity contribution is 7.89. The van der Waals surface area contributed by atoms with Crippen molar-refractivity contribution in [1.82, 2.24) is 4.31 Å². The van der Waals surface area contributed by atoms with E-state index in [4.69, 9.17) is 5.73 Å². The quantitative estimate of drug-likeness (QED) is 0.877. The van der Waals surface area contributed by atoms with Crippen LogP contribution in [0.2, 0.25) is 0 Å². The van der Waals surface area contributed by atoms with Gasteiger partial charge in [0.2, 0.25) is 10.0 Å². The molecule has 114 valence electrons. The number of sulfonamides is 1. The van der Waals surface area contributed by atoms with Gasteiger partial charge in [-0.2, -0.15) is 4.31 Å². The number of benzene rings is 1. The van der Waals surface area contributed by atoms with Crippen LogP contribution in [0.1, 0.15) is 23.4 Å². The van der Waals surface area contributed by atoms with E-state index in [0.717, 1.165) is 10.9 Å². The van der Waals surface area contributed by atoms with Crippen LogP contribution in [-0.4, -0.2) is 19.8 Å². The molecule has 1 aromatic heterocycles. The maximum atomic E-state index is 13.6. The Bertz CT molecular complexity index is 719. The van der Waals surface area contributed by atoms with E-state index >= 15 is 0 Å². The maximum Gasteiger partial charge on any atom is 0.243 e. The molecule has 1 heterocycles. The molecule has 2 aromatic rings. The largest absolute Gasteiger partial charge is 0.396 e. The summed E-state index contributed by atoms with van der Waals surface area (Å²) >= 11 is 1.49. The first kappa shape index (κ1) is 15.9. The van der Waals surface area contributed by atoms with Crippen LogP contribution < -0.4 is 5.73 Å². The zero-order valence-electron chi connectivity index (χ0n) is 12.0. The molecule has 21 heavy (non-hydrogen) atoms. The Hall–Kier alpha value is -1.44. The first-order chi connectivity index (χ1) is 9.75. The summed E-state index contributed by atoms with van der Waals surface area (Å²) in [7, 11) is -2.22. The molecule has 4 nitrogen and oxygen atoms in total. The van der Waals surface area contributed by atoms with Gasteiger partial charge in [0.25, 0.3) is 0 Å². The highest BCUT2D eigenvalue weighted by Gasteiger charge is 2.27. The van der Waals surface area contributed by atoms with E-state index in [1.807, 2.05) is 24.4 Å². The van der Waals surface area contributed by atoms with Gasteiger partial charge in [-0.1, -0.05) is 6.07 Å². The minimum Gasteiger partial charge on any atom is -0.396 e. The predicted octanol–water partition coefficient (Wildman–Crippen LogP) is 3.16. The minimum absolute atomic E-state index is 0.00445. The monoisotopic (exact) mass is 328 g/mol. The normalized spacial score (nSPS) is 13.6. The second kappa shape index (κ2) is 5.75. The maximum absolute atomic E-state index is 13.6. The standard InChI is InChI=1S/C14H17FN2O2S2/c1-9-7-11(8-12(16)14(9)15)21(18,19)17(3)10(2)13-5-4-6-20-13/h4-8,10H,16H2,1-3H3. The number of hydrogen-bond donors (Lipinski definition) is 1. The lowest BCUT2D eigenvalue weighted by molar-refractivity contribution is 0.403. The van der Waals surface area contributed by atoms with E-state index in [1.54, 1.807) is 0 Å². The molecule has 0 radical (unpaired) electrons. The van der Waals surface area contributed by atoms with Gasteiger partial charge in [0.1, 0.15) is 5.82 Å². The van der Waals surface area contributed by atoms with Gasteiger partial charge < -0.3 is 5.73 Å². The second-order valence-electron chi connectivity index (χ2n) is 4.86. The zero-order valence-corrected chi connectivity index (χ0v) is 13.6. The smallest absolute Gasteiger partial charge is 0.243 e. The van der Waals surface area contributed by atoms with E-state index in [0.29, 0.717) is 0 Å². The second-order valence-corrected chi connectivity index (χ2v) is 7.83. The molecule has 0 aliphatic carbocycles. The van der Waals surface area contributed by atoms with Crippen molar-refractivity contribution in [1.29, 1.82) is 0 Å². The van der Waals surface area contributed by atoms with Gasteiger partial charge >= 0.3 is 0 Å². The minimum atomic E-state index is -3.73. The van der Waals surface area contributed by atoms with Gasteiger partial charge in [-0.15, -0.1) is 11.3 Å². The van der Waals surface area contributed by atoms with E-state index in [-0.39, 0.29) is 22.2 Å². The zero-order chi connectivity index (χ0) is 15.8. The summed E-state index contributed by atoms with van der Waals surface area (Å²) in [6, 6.07) is 5.91. The highest BCUT2D eigenvalue weighted by Crippen LogP contribution is 2.30. The molecule has 2 N–H and O–H groups in total. The van der Waals surface area contributed by atoms with Crippen LogP contribution in [0.5, 0.6) is 0 Å². The lowest BCUT2D eigenvalue weighted by Crippen LogP contribution is -2.29. The Kier molecular flexibility index (Phi) is 4.36. The Morgan fingerprint density at radius 2 is 2.05 bits per heavy atom. The average Bonchev–Trinajstić information content (AvgIpc) is 2.96. The molecule has 0 saturated carbocycles. The van der Waals surface area contributed by atoms with Gasteiger partial charge in [-0.05, 0) is 43.0 Å². The first-order valence-electron chi connectivity index (χ1n) is 6.32. The van der Waals surface area contributed by atoms with Gasteiger partial charge in [0.05, 0.1) is 16.6 Å². The van der Waals surface area contributed by atoms with Crippen molar-refractivity contribution >= 4 is 27.0 Å². The van der Waals surface area contributed by atoms with Gasteiger partial charge in [-0.25, -0.2) is 12.8 Å². The average molecular weight is 328 g/mol. The molecule has 2 rings (SSSR count). The van der Waals surface area contributed by atoms with Crippen LogP contribution in [0.25, 0.3) is 0 Å². The Labute approximate surface area is 128 Å². The fraction of sp³-hybridized carbons (Fsp3) is 0.286. The molecule has 7 heteroatoms. The van der Waals surface area contributed by atoms with Gasteiger partial charge in [0.15, 0.2) is 0 Å². The number of anilines is 1. The van der Waals surface area contributed by atoms with E-state index in [2.05, 4.69) is 0 Å². The number of halogens is 1. The van der Waals surface area contributed by atoms with Crippen molar-refractivity contribution in [2.24, 2.45) is 0 Å². The summed E-state index contributed by atoms with van der Waals surface area (Å²) in [6.45, 7) is 3.30. The number of nitrogens with zero attached hydrogens (tertiary/aromatic N) is 1. The van der Waals surface area contributed by atoms with Crippen LogP contribution in [0.4, 0.5) is 10.1 Å². The van der Waals surface area contributed by atoms with Crippen LogP contribution in [0.15, 0.2) is 34.5 Å². The molecule has 1 aromatic carbocycles. The molecule has 0 aliphatic rings. The number of hydrogen-bond acceptors (Lipinski definition) is 4. The summed E-state index contributed by atoms with van der Waals surface area (Å²) < 4.78 is 40.1. The summed E-state index contributed by atoms with van der Waals surface area (Å²) in [5, 5.41) is 1.90. The van der Waals surface area contributed by atoms with Crippen LogP contribution in [-0.2, 0) is 10.0 Å². The SMILES string of the molecule is Cc1cc(S(=O)(=O)N(C)C(C)c2cccs2)cc(N)c1F. The topological polar surface area (TPSA) is 63.4 Å². The van der Waals surface area contributed by atoms with E-state index in [9.17, 15) is 12.8 Å². The van der Waals surface area contributed by atoms with Crippen molar-refractivity contribution in [3.05, 3.63) is 45.9 Å². The molecule has 0 amide bonds. The molecule has 0 fully saturated rings. The molecule has 0 spiro atoms. The van der Waals surface area contributed by atoms with Crippen molar-refractivity contribution in [2.45, 2.75) is 24.8 Å². The highest BCUT2D eigenvalue weighted by atomic mass is 32.2. The molecular weight excluding hydrogens is 311 g/mol. The number of rotatable bonds is 4. The fourth-order valence-corrected chi connectivity index (χ4v) is 4.35. The third kappa shape index (κ3) is 2.95. The molecule has 1 atom stereocenters. The number of nitrogens with two attached hydrogens (primary N) is 1. The van der Waals surface area contributed by atoms with Gasteiger partial charge in [-0.3, -0.25) is 0 Å². The summed E-state index contributed by atoms with van der Waals surface area (Å²) in [4.78, 5) is 0.942. The fourth-order valence-electron chi connectivity index (χ4n) is 1.99. The van der Waals surface area contributed by atoms with Crippen molar-refractivity contribution in [2.75, 3.05) is 12.8 Å². The number of nitrogen functional groups attached to an aromatic ring is 1. The lowest BCUT2D eigenvalue weighted by atomic mass is 10.2. The summed E-state index contributed by atoms with van der Waals surface area (Å²) in [5.74, 6) is -0.581. The predicted molar refractivity (Wildman–Crippen MR) is 83.2 cm³/mol. The molecule has 0 saturated heterocycles. The first-order valence-corrected chi connectivity index (χ1v) is 8.64. The summed E-state index contributed by atoms with van der Waals surface area (Å²) in [6.07, 6.45) is 0. The Morgan fingerprint density at radius 3 is 2.57 bits per heavy atom. The molecule has 0 aliphatic heterocycles. The van der Waals surface area contributed by atoms with Gasteiger partial charge in [0, 0.05) is 11.9 Å². The van der Waals surface area contributed by atoms with Crippen LogP contribution in [0.3, 0.4) is 0 Å². The third-order valence-electron chi connectivity index (χ3n) is 3.43. The van der Waals surface area contributed by atoms with E-state index < -0.39 is 15.8 Å². The lowest BCUT2D eigenvalue weighted by Gasteiger charge is -2.24. The molecular formula is C14H17FN2O2S2. The van der Waals surface area contributed by atoms with Crippen molar-refractivity contribution in [3.8, 4) is 0 Å². The summed E-state index contributed by atoms with van der Waals surface area (Å²) in [5.41, 5.74) is 5.59. The number of aryl methyl sites for hydroxylation is 1. The number of thiophene rings is 1.